The third kappa shape index (κ3) is 3.31. The lowest BCUT2D eigenvalue weighted by Gasteiger charge is -2.10. The molecule has 4 rings (SSSR count). The zero-order valence-corrected chi connectivity index (χ0v) is 15.0. The summed E-state index contributed by atoms with van der Waals surface area (Å²) in [6, 6.07) is 17.7. The molecule has 0 saturated heterocycles. The Morgan fingerprint density at radius 3 is 2.54 bits per heavy atom. The first-order valence-corrected chi connectivity index (χ1v) is 10.1. The fraction of sp³-hybridized carbons (Fsp3) is 0. The Labute approximate surface area is 154 Å². The van der Waals surface area contributed by atoms with Crippen molar-refractivity contribution in [2.45, 2.75) is 4.90 Å². The van der Waals surface area contributed by atoms with Crippen molar-refractivity contribution in [2.75, 3.05) is 4.72 Å². The Bertz CT molecular complexity index is 1190. The van der Waals surface area contributed by atoms with Crippen molar-refractivity contribution in [3.8, 4) is 11.1 Å². The summed E-state index contributed by atoms with van der Waals surface area (Å²) in [6.45, 7) is 0. The van der Waals surface area contributed by atoms with Crippen LogP contribution in [0.15, 0.2) is 77.1 Å². The lowest BCUT2D eigenvalue weighted by atomic mass is 10.1. The highest BCUT2D eigenvalue weighted by Crippen LogP contribution is 2.26. The van der Waals surface area contributed by atoms with Gasteiger partial charge in [0.2, 0.25) is 0 Å². The molecule has 0 atom stereocenters. The van der Waals surface area contributed by atoms with Crippen LogP contribution in [-0.2, 0) is 10.0 Å². The molecule has 0 bridgehead atoms. The Balaban J connectivity index is 1.67. The third-order valence-electron chi connectivity index (χ3n) is 3.91. The molecule has 0 aliphatic carbocycles. The van der Waals surface area contributed by atoms with Crippen LogP contribution in [0.4, 0.5) is 10.1 Å². The van der Waals surface area contributed by atoms with Gasteiger partial charge in [0, 0.05) is 0 Å². The number of nitrogens with zero attached hydrogens (tertiary/aromatic N) is 1. The minimum Gasteiger partial charge on any atom is -0.280 e. The van der Waals surface area contributed by atoms with Crippen LogP contribution in [0.3, 0.4) is 0 Å². The second kappa shape index (κ2) is 6.51. The Morgan fingerprint density at radius 2 is 1.73 bits per heavy atom. The first-order chi connectivity index (χ1) is 12.5. The summed E-state index contributed by atoms with van der Waals surface area (Å²) < 4.78 is 42.1. The Kier molecular flexibility index (Phi) is 4.18. The number of aromatic nitrogens is 1. The van der Waals surface area contributed by atoms with Crippen LogP contribution in [0.25, 0.3) is 21.3 Å². The monoisotopic (exact) mass is 384 g/mol. The maximum absolute atomic E-state index is 13.1. The molecule has 0 saturated carbocycles. The van der Waals surface area contributed by atoms with E-state index in [-0.39, 0.29) is 10.7 Å². The van der Waals surface area contributed by atoms with Gasteiger partial charge in [0.1, 0.15) is 5.82 Å². The van der Waals surface area contributed by atoms with Gasteiger partial charge in [-0.05, 0) is 53.6 Å². The van der Waals surface area contributed by atoms with E-state index < -0.39 is 10.0 Å². The second-order valence-electron chi connectivity index (χ2n) is 5.68. The smallest absolute Gasteiger partial charge is 0.261 e. The van der Waals surface area contributed by atoms with E-state index >= 15 is 0 Å². The van der Waals surface area contributed by atoms with E-state index in [9.17, 15) is 12.8 Å². The lowest BCUT2D eigenvalue weighted by molar-refractivity contribution is 0.601. The van der Waals surface area contributed by atoms with Gasteiger partial charge in [-0.1, -0.05) is 24.3 Å². The summed E-state index contributed by atoms with van der Waals surface area (Å²) in [5, 5.41) is 0. The van der Waals surface area contributed by atoms with Crippen molar-refractivity contribution in [3.63, 3.8) is 0 Å². The standard InChI is InChI=1S/C19H13FN2O2S2/c20-15-6-4-13(5-7-15)14-2-1-3-17(10-14)26(23,24)22-16-8-9-18-19(11-16)25-12-21-18/h1-12,22H. The molecule has 1 heterocycles. The van der Waals surface area contributed by atoms with Gasteiger partial charge < -0.3 is 0 Å². The first-order valence-electron chi connectivity index (χ1n) is 7.73. The molecular weight excluding hydrogens is 371 g/mol. The maximum atomic E-state index is 13.1. The molecule has 0 aliphatic heterocycles. The van der Waals surface area contributed by atoms with Crippen molar-refractivity contribution < 1.29 is 12.8 Å². The van der Waals surface area contributed by atoms with Crippen molar-refractivity contribution in [1.29, 1.82) is 0 Å². The van der Waals surface area contributed by atoms with Crippen LogP contribution in [0.5, 0.6) is 0 Å². The van der Waals surface area contributed by atoms with E-state index in [1.807, 2.05) is 0 Å². The fourth-order valence-electron chi connectivity index (χ4n) is 2.62. The minimum absolute atomic E-state index is 0.142. The third-order valence-corrected chi connectivity index (χ3v) is 6.08. The van der Waals surface area contributed by atoms with E-state index in [0.717, 1.165) is 15.8 Å². The van der Waals surface area contributed by atoms with Crippen LogP contribution < -0.4 is 4.72 Å². The summed E-state index contributed by atoms with van der Waals surface area (Å²) in [7, 11) is -3.74. The molecule has 0 amide bonds. The van der Waals surface area contributed by atoms with Gasteiger partial charge in [-0.15, -0.1) is 11.3 Å². The molecule has 26 heavy (non-hydrogen) atoms. The zero-order valence-electron chi connectivity index (χ0n) is 13.4. The summed E-state index contributed by atoms with van der Waals surface area (Å²) in [5.41, 5.74) is 4.47. The summed E-state index contributed by atoms with van der Waals surface area (Å²) in [6.07, 6.45) is 0. The molecule has 4 nitrogen and oxygen atoms in total. The maximum Gasteiger partial charge on any atom is 0.261 e. The Hall–Kier alpha value is -2.77. The van der Waals surface area contributed by atoms with Gasteiger partial charge in [-0.3, -0.25) is 4.72 Å². The van der Waals surface area contributed by atoms with Crippen LogP contribution in [0.1, 0.15) is 0 Å². The summed E-state index contributed by atoms with van der Waals surface area (Å²) in [5.74, 6) is -0.336. The number of anilines is 1. The molecule has 0 unspecified atom stereocenters. The van der Waals surface area contributed by atoms with Crippen LogP contribution in [-0.4, -0.2) is 13.4 Å². The number of benzene rings is 3. The highest BCUT2D eigenvalue weighted by Gasteiger charge is 2.15. The molecule has 7 heteroatoms. The molecule has 3 aromatic carbocycles. The van der Waals surface area contributed by atoms with E-state index in [0.29, 0.717) is 11.3 Å². The van der Waals surface area contributed by atoms with Crippen molar-refractivity contribution in [2.24, 2.45) is 0 Å². The Morgan fingerprint density at radius 1 is 0.923 bits per heavy atom. The van der Waals surface area contributed by atoms with Crippen LogP contribution >= 0.6 is 11.3 Å². The number of fused-ring (bicyclic) bond motifs is 1. The van der Waals surface area contributed by atoms with Crippen LogP contribution in [0.2, 0.25) is 0 Å². The lowest BCUT2D eigenvalue weighted by Crippen LogP contribution is -2.12. The number of hydrogen-bond donors (Lipinski definition) is 1. The minimum atomic E-state index is -3.74. The van der Waals surface area contributed by atoms with E-state index in [2.05, 4.69) is 9.71 Å². The van der Waals surface area contributed by atoms with Gasteiger partial charge in [0.05, 0.1) is 26.3 Å². The van der Waals surface area contributed by atoms with Gasteiger partial charge in [0.25, 0.3) is 10.0 Å². The normalized spacial score (nSPS) is 11.6. The van der Waals surface area contributed by atoms with Crippen LogP contribution in [0, 0.1) is 5.82 Å². The summed E-state index contributed by atoms with van der Waals surface area (Å²) in [4.78, 5) is 4.32. The van der Waals surface area contributed by atoms with Gasteiger partial charge in [-0.25, -0.2) is 17.8 Å². The molecule has 1 N–H and O–H groups in total. The topological polar surface area (TPSA) is 59.1 Å². The number of thiazole rings is 1. The molecule has 4 aromatic rings. The molecule has 130 valence electrons. The molecule has 1 aromatic heterocycles. The largest absolute Gasteiger partial charge is 0.280 e. The van der Waals surface area contributed by atoms with Crippen molar-refractivity contribution >= 4 is 37.3 Å². The summed E-state index contributed by atoms with van der Waals surface area (Å²) >= 11 is 1.45. The number of nitrogens with one attached hydrogen (secondary N) is 1. The fourth-order valence-corrected chi connectivity index (χ4v) is 4.43. The van der Waals surface area contributed by atoms with E-state index in [1.165, 1.54) is 29.5 Å². The predicted molar refractivity (Wildman–Crippen MR) is 102 cm³/mol. The van der Waals surface area contributed by atoms with E-state index in [4.69, 9.17) is 0 Å². The van der Waals surface area contributed by atoms with Gasteiger partial charge in [0.15, 0.2) is 0 Å². The molecule has 0 radical (unpaired) electrons. The highest BCUT2D eigenvalue weighted by atomic mass is 32.2. The number of hydrogen-bond acceptors (Lipinski definition) is 4. The van der Waals surface area contributed by atoms with Gasteiger partial charge >= 0.3 is 0 Å². The molecule has 0 fully saturated rings. The predicted octanol–water partition coefficient (Wildman–Crippen LogP) is 4.90. The zero-order chi connectivity index (χ0) is 18.1. The van der Waals surface area contributed by atoms with E-state index in [1.54, 1.807) is 54.0 Å². The highest BCUT2D eigenvalue weighted by molar-refractivity contribution is 7.92. The molecule has 0 aliphatic rings. The average molecular weight is 384 g/mol. The first kappa shape index (κ1) is 16.7. The van der Waals surface area contributed by atoms with Crippen molar-refractivity contribution in [1.82, 2.24) is 4.98 Å². The average Bonchev–Trinajstić information content (AvgIpc) is 3.10. The quantitative estimate of drug-likeness (QED) is 0.544. The SMILES string of the molecule is O=S(=O)(Nc1ccc2ncsc2c1)c1cccc(-c2ccc(F)cc2)c1. The molecular formula is C19H13FN2O2S2. The molecule has 0 spiro atoms. The number of rotatable bonds is 4. The number of sulfonamides is 1. The number of halogens is 1. The van der Waals surface area contributed by atoms with Gasteiger partial charge in [-0.2, -0.15) is 0 Å². The second-order valence-corrected chi connectivity index (χ2v) is 8.24. The van der Waals surface area contributed by atoms with Crippen molar-refractivity contribution in [3.05, 3.63) is 78.1 Å².